The molecule has 0 aromatic heterocycles. The summed E-state index contributed by atoms with van der Waals surface area (Å²) in [5.41, 5.74) is 0. The number of carbonyl (C=O) groups is 4. The molecular weight excluding hydrogens is 1230 g/mol. The minimum absolute atomic E-state index is 0.108. The fourth-order valence-corrected chi connectivity index (χ4v) is 13.2. The summed E-state index contributed by atoms with van der Waals surface area (Å²) in [4.78, 5) is 72.5. The monoisotopic (exact) mass is 1380 g/mol. The number of rotatable bonds is 76. The second kappa shape index (κ2) is 69.5. The highest BCUT2D eigenvalue weighted by atomic mass is 31.2. The Morgan fingerprint density at radius 2 is 0.426 bits per heavy atom. The highest BCUT2D eigenvalue weighted by molar-refractivity contribution is 7.47. The van der Waals surface area contributed by atoms with Gasteiger partial charge < -0.3 is 33.8 Å². The number of unbranched alkanes of at least 4 members (excludes halogenated alkanes) is 50. The maximum absolute atomic E-state index is 13.1. The fourth-order valence-electron chi connectivity index (χ4n) is 11.6. The zero-order chi connectivity index (χ0) is 69.0. The van der Waals surface area contributed by atoms with Gasteiger partial charge in [-0.05, 0) is 25.7 Å². The Hall–Kier alpha value is -1.94. The molecule has 0 aromatic carbocycles. The minimum Gasteiger partial charge on any atom is -0.462 e. The highest BCUT2D eigenvalue weighted by Crippen LogP contribution is 2.45. The third-order valence-electron chi connectivity index (χ3n) is 17.6. The lowest BCUT2D eigenvalue weighted by Crippen LogP contribution is -2.30. The molecule has 17 nitrogen and oxygen atoms in total. The molecule has 0 aliphatic rings. The largest absolute Gasteiger partial charge is 0.472 e. The first kappa shape index (κ1) is 92.1. The number of carbonyl (C=O) groups excluding carboxylic acids is 4. The number of hydrogen-bond acceptors (Lipinski definition) is 15. The zero-order valence-corrected chi connectivity index (χ0v) is 62.7. The molecular formula is C75H146O17P2. The normalized spacial score (nSPS) is 13.9. The van der Waals surface area contributed by atoms with E-state index >= 15 is 0 Å². The molecule has 0 aliphatic carbocycles. The second-order valence-electron chi connectivity index (χ2n) is 27.0. The van der Waals surface area contributed by atoms with E-state index in [0.717, 1.165) is 96.3 Å². The van der Waals surface area contributed by atoms with Crippen molar-refractivity contribution < 1.29 is 80.2 Å². The average molecular weight is 1380 g/mol. The van der Waals surface area contributed by atoms with Crippen LogP contribution in [0.5, 0.6) is 0 Å². The first-order chi connectivity index (χ1) is 45.7. The Morgan fingerprint density at radius 3 is 0.628 bits per heavy atom. The molecule has 0 fully saturated rings. The lowest BCUT2D eigenvalue weighted by atomic mass is 10.0. The summed E-state index contributed by atoms with van der Waals surface area (Å²) >= 11 is 0. The van der Waals surface area contributed by atoms with Gasteiger partial charge in [-0.3, -0.25) is 37.3 Å². The predicted octanol–water partition coefficient (Wildman–Crippen LogP) is 22.2. The van der Waals surface area contributed by atoms with Crippen LogP contribution in [0, 0.1) is 0 Å². The summed E-state index contributed by atoms with van der Waals surface area (Å²) in [6.45, 7) is 4.90. The van der Waals surface area contributed by atoms with E-state index in [1.54, 1.807) is 0 Å². The fraction of sp³-hybridized carbons (Fsp3) is 0.947. The van der Waals surface area contributed by atoms with E-state index in [9.17, 15) is 43.2 Å². The van der Waals surface area contributed by atoms with Gasteiger partial charge >= 0.3 is 39.5 Å². The Morgan fingerprint density at radius 1 is 0.255 bits per heavy atom. The molecule has 0 amide bonds. The molecule has 0 rings (SSSR count). The average Bonchev–Trinajstić information content (AvgIpc) is 2.49. The molecule has 19 heteroatoms. The van der Waals surface area contributed by atoms with Crippen LogP contribution in [-0.2, 0) is 65.4 Å². The highest BCUT2D eigenvalue weighted by Gasteiger charge is 2.30. The molecule has 0 aromatic rings. The van der Waals surface area contributed by atoms with Crippen LogP contribution in [-0.4, -0.2) is 96.7 Å². The van der Waals surface area contributed by atoms with Crippen molar-refractivity contribution in [2.45, 2.75) is 418 Å². The third kappa shape index (κ3) is 68.6. The van der Waals surface area contributed by atoms with Gasteiger partial charge in [0.15, 0.2) is 12.2 Å². The molecule has 3 N–H and O–H groups in total. The van der Waals surface area contributed by atoms with Gasteiger partial charge in [-0.2, -0.15) is 0 Å². The molecule has 5 atom stereocenters. The molecule has 0 bridgehead atoms. The van der Waals surface area contributed by atoms with Crippen LogP contribution in [0.2, 0.25) is 0 Å². The molecule has 94 heavy (non-hydrogen) atoms. The number of phosphoric acid groups is 2. The van der Waals surface area contributed by atoms with E-state index in [1.165, 1.54) is 225 Å². The van der Waals surface area contributed by atoms with Crippen LogP contribution in [0.1, 0.15) is 400 Å². The Labute approximate surface area is 575 Å². The number of aliphatic hydroxyl groups is 1. The number of phosphoric ester groups is 2. The zero-order valence-electron chi connectivity index (χ0n) is 60.9. The Kier molecular flexibility index (Phi) is 68.1. The number of hydrogen-bond donors (Lipinski definition) is 3. The molecule has 558 valence electrons. The smallest absolute Gasteiger partial charge is 0.462 e. The topological polar surface area (TPSA) is 237 Å². The van der Waals surface area contributed by atoms with Gasteiger partial charge in [0.05, 0.1) is 26.4 Å². The van der Waals surface area contributed by atoms with Crippen molar-refractivity contribution in [3.8, 4) is 0 Å². The van der Waals surface area contributed by atoms with Crippen molar-refractivity contribution in [2.24, 2.45) is 0 Å². The first-order valence-corrected chi connectivity index (χ1v) is 42.3. The van der Waals surface area contributed by atoms with Gasteiger partial charge in [-0.25, -0.2) is 9.13 Å². The maximum Gasteiger partial charge on any atom is 0.472 e. The molecule has 0 saturated heterocycles. The Balaban J connectivity index is 5.12. The van der Waals surface area contributed by atoms with Crippen molar-refractivity contribution in [3.63, 3.8) is 0 Å². The summed E-state index contributed by atoms with van der Waals surface area (Å²) < 4.78 is 68.3. The Bertz CT molecular complexity index is 1790. The van der Waals surface area contributed by atoms with Crippen molar-refractivity contribution in [3.05, 3.63) is 0 Å². The maximum atomic E-state index is 13.1. The van der Waals surface area contributed by atoms with Crippen molar-refractivity contribution >= 4 is 39.5 Å². The van der Waals surface area contributed by atoms with Crippen LogP contribution in [0.15, 0.2) is 0 Å². The number of esters is 4. The van der Waals surface area contributed by atoms with Crippen LogP contribution < -0.4 is 0 Å². The number of aliphatic hydroxyl groups excluding tert-OH is 1. The number of ether oxygens (including phenoxy) is 4. The summed E-state index contributed by atoms with van der Waals surface area (Å²) in [7, 11) is -9.90. The van der Waals surface area contributed by atoms with E-state index in [2.05, 4.69) is 27.7 Å². The summed E-state index contributed by atoms with van der Waals surface area (Å²) in [6.07, 6.45) is 60.1. The van der Waals surface area contributed by atoms with Gasteiger partial charge in [-0.15, -0.1) is 0 Å². The van der Waals surface area contributed by atoms with E-state index < -0.39 is 97.5 Å². The minimum atomic E-state index is -4.95. The molecule has 0 radical (unpaired) electrons. The van der Waals surface area contributed by atoms with Crippen molar-refractivity contribution in [1.29, 1.82) is 0 Å². The quantitative estimate of drug-likeness (QED) is 0.0222. The second-order valence-corrected chi connectivity index (χ2v) is 29.9. The standard InChI is InChI=1S/C75H146O17P2/c1-5-9-13-17-20-23-26-29-32-33-34-35-36-38-41-44-47-50-54-58-62-75(80)92-71(66-86-73(78)60-56-52-48-45-42-40-37-30-27-24-21-18-14-10-6-2)68-90-94(83,84)88-64-69(76)63-87-93(81,82)89-67-70(65-85-72(77)59-55-51-16-12-8-4)91-74(79)61-57-53-49-46-43-39-31-28-25-22-19-15-11-7-3/h69-71,76H,5-68H2,1-4H3,(H,81,82)(H,83,84)/t69-,70+,71+/m0/s1. The predicted molar refractivity (Wildman–Crippen MR) is 382 cm³/mol. The van der Waals surface area contributed by atoms with Gasteiger partial charge in [0.1, 0.15) is 19.3 Å². The van der Waals surface area contributed by atoms with Crippen LogP contribution in [0.3, 0.4) is 0 Å². The van der Waals surface area contributed by atoms with Crippen molar-refractivity contribution in [2.75, 3.05) is 39.6 Å². The van der Waals surface area contributed by atoms with Crippen LogP contribution in [0.25, 0.3) is 0 Å². The molecule has 0 aliphatic heterocycles. The molecule has 2 unspecified atom stereocenters. The van der Waals surface area contributed by atoms with Crippen molar-refractivity contribution in [1.82, 2.24) is 0 Å². The summed E-state index contributed by atoms with van der Waals surface area (Å²) in [6, 6.07) is 0. The molecule has 0 spiro atoms. The van der Waals surface area contributed by atoms with Crippen LogP contribution >= 0.6 is 15.6 Å². The molecule has 0 heterocycles. The molecule has 0 saturated carbocycles. The van der Waals surface area contributed by atoms with Gasteiger partial charge in [-0.1, -0.05) is 349 Å². The van der Waals surface area contributed by atoms with Gasteiger partial charge in [0.2, 0.25) is 0 Å². The van der Waals surface area contributed by atoms with Gasteiger partial charge in [0, 0.05) is 25.7 Å². The van der Waals surface area contributed by atoms with E-state index in [-0.39, 0.29) is 25.7 Å². The van der Waals surface area contributed by atoms with Gasteiger partial charge in [0.25, 0.3) is 0 Å². The van der Waals surface area contributed by atoms with Crippen LogP contribution in [0.4, 0.5) is 0 Å². The van der Waals surface area contributed by atoms with E-state index in [0.29, 0.717) is 25.7 Å². The SMILES string of the molecule is CCCCCCCCCCCCCCCCCCCCCCC(=O)O[C@H](COC(=O)CCCCCCCCCCCCCCCCC)COP(=O)(O)OC[C@@H](O)COP(=O)(O)OC[C@@H](COC(=O)CCCCCCC)OC(=O)CCCCCCCCCCCCCCCC. The summed E-state index contributed by atoms with van der Waals surface area (Å²) in [5.74, 6) is -2.12. The van der Waals surface area contributed by atoms with E-state index in [4.69, 9.17) is 37.0 Å². The first-order valence-electron chi connectivity index (χ1n) is 39.3. The lowest BCUT2D eigenvalue weighted by Gasteiger charge is -2.21. The van der Waals surface area contributed by atoms with E-state index in [1.807, 2.05) is 0 Å². The third-order valence-corrected chi connectivity index (χ3v) is 19.5. The summed E-state index contributed by atoms with van der Waals surface area (Å²) in [5, 5.41) is 10.6. The lowest BCUT2D eigenvalue weighted by molar-refractivity contribution is -0.161.